The topological polar surface area (TPSA) is 89.8 Å². The Kier molecular flexibility index (Phi) is 5.16. The number of hydroxylamine groups is 3. The lowest BCUT2D eigenvalue weighted by molar-refractivity contribution is -0.881. The molecule has 2 heterocycles. The van der Waals surface area contributed by atoms with Gasteiger partial charge in [-0.2, -0.15) is 0 Å². The number of hydrogen-bond donors (Lipinski definition) is 2. The number of aliphatic hydroxyl groups is 2. The summed E-state index contributed by atoms with van der Waals surface area (Å²) in [5, 5.41) is 32.9. The van der Waals surface area contributed by atoms with Crippen molar-refractivity contribution < 1.29 is 24.4 Å². The third-order valence-corrected chi connectivity index (χ3v) is 5.82. The molecule has 2 rings (SSSR count). The zero-order valence-electron chi connectivity index (χ0n) is 13.8. The van der Waals surface area contributed by atoms with E-state index in [4.69, 9.17) is 4.74 Å². The van der Waals surface area contributed by atoms with Crippen LogP contribution >= 0.6 is 0 Å². The maximum atomic E-state index is 12.5. The van der Waals surface area contributed by atoms with Gasteiger partial charge in [0.1, 0.15) is 6.61 Å². The Morgan fingerprint density at radius 2 is 2.09 bits per heavy atom. The molecule has 0 aromatic heterocycles. The molecular weight excluding hydrogens is 286 g/mol. The number of nitrogens with zero attached hydrogens (tertiary/aromatic N) is 1. The first kappa shape index (κ1) is 17.7. The maximum Gasteiger partial charge on any atom is 0.341 e. The number of esters is 1. The molecule has 0 radical (unpaired) electrons. The molecule has 0 aliphatic carbocycles. The number of quaternary nitrogens is 1. The molecule has 6 heteroatoms. The van der Waals surface area contributed by atoms with Gasteiger partial charge < -0.3 is 24.8 Å². The number of carbonyl (C=O) groups is 1. The summed E-state index contributed by atoms with van der Waals surface area (Å²) in [6, 6.07) is 0.0241. The largest absolute Gasteiger partial charge is 0.633 e. The summed E-state index contributed by atoms with van der Waals surface area (Å²) >= 11 is 0. The lowest BCUT2D eigenvalue weighted by atomic mass is 9.82. The lowest BCUT2D eigenvalue weighted by Crippen LogP contribution is -2.54. The molecule has 6 atom stereocenters. The van der Waals surface area contributed by atoms with Crippen LogP contribution in [-0.4, -0.2) is 58.3 Å². The van der Waals surface area contributed by atoms with Gasteiger partial charge in [0.2, 0.25) is 0 Å². The summed E-state index contributed by atoms with van der Waals surface area (Å²) in [7, 11) is 0. The van der Waals surface area contributed by atoms with Gasteiger partial charge in [-0.25, -0.2) is 4.79 Å². The van der Waals surface area contributed by atoms with Crippen molar-refractivity contribution in [2.24, 2.45) is 11.8 Å². The average Bonchev–Trinajstić information content (AvgIpc) is 2.99. The van der Waals surface area contributed by atoms with Gasteiger partial charge in [-0.1, -0.05) is 20.3 Å². The van der Waals surface area contributed by atoms with Crippen molar-refractivity contribution in [2.75, 3.05) is 19.7 Å². The Labute approximate surface area is 132 Å². The Morgan fingerprint density at radius 1 is 1.41 bits per heavy atom. The first-order valence-electron chi connectivity index (χ1n) is 8.41. The quantitative estimate of drug-likeness (QED) is 0.436. The summed E-state index contributed by atoms with van der Waals surface area (Å²) < 4.78 is 5.19. The normalized spacial score (nSPS) is 36.5. The van der Waals surface area contributed by atoms with E-state index < -0.39 is 23.6 Å². The number of ether oxygens (including phenoxy) is 1. The van der Waals surface area contributed by atoms with Crippen LogP contribution in [0.3, 0.4) is 0 Å². The minimum absolute atomic E-state index is 0.0241. The highest BCUT2D eigenvalue weighted by Gasteiger charge is 2.49. The summed E-state index contributed by atoms with van der Waals surface area (Å²) in [6.07, 6.45) is 1.95. The van der Waals surface area contributed by atoms with E-state index in [1.165, 1.54) is 6.92 Å². The molecule has 128 valence electrons. The summed E-state index contributed by atoms with van der Waals surface area (Å²) in [5.74, 6) is -1.10. The van der Waals surface area contributed by atoms with Gasteiger partial charge in [-0.15, -0.1) is 0 Å². The molecule has 22 heavy (non-hydrogen) atoms. The fourth-order valence-corrected chi connectivity index (χ4v) is 4.03. The predicted octanol–water partition coefficient (Wildman–Crippen LogP) is 1.18. The Morgan fingerprint density at radius 3 is 2.68 bits per heavy atom. The zero-order valence-corrected chi connectivity index (χ0v) is 13.8. The van der Waals surface area contributed by atoms with Gasteiger partial charge >= 0.3 is 5.97 Å². The van der Waals surface area contributed by atoms with Gasteiger partial charge in [0.15, 0.2) is 5.60 Å². The van der Waals surface area contributed by atoms with Crippen molar-refractivity contribution in [3.63, 3.8) is 0 Å². The monoisotopic (exact) mass is 315 g/mol. The molecule has 0 bridgehead atoms. The van der Waals surface area contributed by atoms with Crippen LogP contribution in [0.4, 0.5) is 0 Å². The molecule has 0 aromatic rings. The van der Waals surface area contributed by atoms with Crippen molar-refractivity contribution >= 4 is 5.97 Å². The molecule has 0 unspecified atom stereocenters. The number of aliphatic hydroxyl groups excluding tert-OH is 1. The minimum atomic E-state index is -1.88. The van der Waals surface area contributed by atoms with Gasteiger partial charge in [-0.05, 0) is 12.8 Å². The number of carbonyl (C=O) groups excluding carboxylic acids is 1. The van der Waals surface area contributed by atoms with Gasteiger partial charge in [0, 0.05) is 19.3 Å². The average molecular weight is 315 g/mol. The Hall–Kier alpha value is -0.690. The van der Waals surface area contributed by atoms with E-state index in [0.717, 1.165) is 19.3 Å². The number of rotatable bonds is 6. The van der Waals surface area contributed by atoms with Crippen LogP contribution in [0.2, 0.25) is 0 Å². The van der Waals surface area contributed by atoms with E-state index >= 15 is 0 Å². The molecule has 2 fully saturated rings. The molecule has 2 aliphatic rings. The highest BCUT2D eigenvalue weighted by Crippen LogP contribution is 2.39. The van der Waals surface area contributed by atoms with Crippen molar-refractivity contribution in [3.05, 3.63) is 5.21 Å². The highest BCUT2D eigenvalue weighted by molar-refractivity contribution is 5.80. The molecular formula is C16H29NO5. The van der Waals surface area contributed by atoms with Crippen LogP contribution in [-0.2, 0) is 9.53 Å². The van der Waals surface area contributed by atoms with E-state index in [9.17, 15) is 20.2 Å². The molecule has 6 nitrogen and oxygen atoms in total. The van der Waals surface area contributed by atoms with Crippen LogP contribution in [0.25, 0.3) is 0 Å². The van der Waals surface area contributed by atoms with Crippen molar-refractivity contribution in [2.45, 2.75) is 64.2 Å². The second-order valence-electron chi connectivity index (χ2n) is 7.07. The Balaban J connectivity index is 1.97. The van der Waals surface area contributed by atoms with Gasteiger partial charge in [-0.3, -0.25) is 0 Å². The maximum absolute atomic E-state index is 12.5. The fraction of sp³-hybridized carbons (Fsp3) is 0.938. The van der Waals surface area contributed by atoms with Crippen LogP contribution in [0.15, 0.2) is 0 Å². The Bertz CT molecular complexity index is 415. The predicted molar refractivity (Wildman–Crippen MR) is 81.5 cm³/mol. The van der Waals surface area contributed by atoms with Crippen molar-refractivity contribution in [3.8, 4) is 0 Å². The molecule has 0 spiro atoms. The van der Waals surface area contributed by atoms with E-state index in [0.29, 0.717) is 19.5 Å². The van der Waals surface area contributed by atoms with E-state index in [1.54, 1.807) is 6.92 Å². The van der Waals surface area contributed by atoms with E-state index in [-0.39, 0.29) is 23.2 Å². The van der Waals surface area contributed by atoms with Crippen LogP contribution < -0.4 is 0 Å². The van der Waals surface area contributed by atoms with Crippen LogP contribution in [0.5, 0.6) is 0 Å². The highest BCUT2D eigenvalue weighted by atomic mass is 16.6. The molecule has 2 aliphatic heterocycles. The molecule has 2 N–H and O–H groups in total. The molecule has 2 saturated heterocycles. The van der Waals surface area contributed by atoms with Crippen LogP contribution in [0, 0.1) is 17.0 Å². The second-order valence-corrected chi connectivity index (χ2v) is 7.07. The lowest BCUT2D eigenvalue weighted by Gasteiger charge is -2.40. The zero-order chi connectivity index (χ0) is 16.5. The SMILES string of the molecule is CC[C@H](C)[C@@](O)(C(=O)OC[C@H]1CC[N@+]2([O-])CCC[C@H]12)[C@H](C)O. The minimum Gasteiger partial charge on any atom is -0.633 e. The first-order chi connectivity index (χ1) is 10.3. The summed E-state index contributed by atoms with van der Waals surface area (Å²) in [5.41, 5.74) is -1.88. The second kappa shape index (κ2) is 6.43. The molecule has 0 amide bonds. The smallest absolute Gasteiger partial charge is 0.341 e. The fourth-order valence-electron chi connectivity index (χ4n) is 4.03. The van der Waals surface area contributed by atoms with Crippen LogP contribution in [0.1, 0.15) is 46.5 Å². The summed E-state index contributed by atoms with van der Waals surface area (Å²) in [4.78, 5) is 12.3. The standard InChI is InChI=1S/C16H29NO5/c1-4-11(2)16(20,12(3)18)15(19)22-10-13-7-9-17(21)8-5-6-14(13)17/h11-14,18,20H,4-10H2,1-3H3/t11-,12-,13+,14+,16-,17+/m0/s1. The summed E-state index contributed by atoms with van der Waals surface area (Å²) in [6.45, 7) is 6.40. The van der Waals surface area contributed by atoms with E-state index in [2.05, 4.69) is 0 Å². The van der Waals surface area contributed by atoms with Gasteiger partial charge in [0.05, 0.1) is 31.2 Å². The van der Waals surface area contributed by atoms with E-state index in [1.807, 2.05) is 6.92 Å². The molecule has 0 saturated carbocycles. The molecule has 0 aromatic carbocycles. The van der Waals surface area contributed by atoms with Gasteiger partial charge in [0.25, 0.3) is 0 Å². The number of hydrogen-bond acceptors (Lipinski definition) is 5. The van der Waals surface area contributed by atoms with Crippen molar-refractivity contribution in [1.29, 1.82) is 0 Å². The third-order valence-electron chi connectivity index (χ3n) is 5.82. The number of fused-ring (bicyclic) bond motifs is 1. The first-order valence-corrected chi connectivity index (χ1v) is 8.41. The third kappa shape index (κ3) is 2.89. The van der Waals surface area contributed by atoms with Crippen molar-refractivity contribution in [1.82, 2.24) is 0 Å².